The summed E-state index contributed by atoms with van der Waals surface area (Å²) >= 11 is 0. The van der Waals surface area contributed by atoms with Crippen LogP contribution in [0.5, 0.6) is 0 Å². The molecule has 0 heterocycles. The van der Waals surface area contributed by atoms with Gasteiger partial charge in [-0.1, -0.05) is 30.3 Å². The highest BCUT2D eigenvalue weighted by molar-refractivity contribution is 5.97. The predicted molar refractivity (Wildman–Crippen MR) is 71.9 cm³/mol. The van der Waals surface area contributed by atoms with Crippen molar-refractivity contribution in [2.75, 3.05) is 19.7 Å². The molecular weight excluding hydrogens is 242 g/mol. The van der Waals surface area contributed by atoms with Gasteiger partial charge in [-0.3, -0.25) is 4.79 Å². The summed E-state index contributed by atoms with van der Waals surface area (Å²) in [5, 5.41) is 22.8. The van der Waals surface area contributed by atoms with Gasteiger partial charge >= 0.3 is 0 Å². The summed E-state index contributed by atoms with van der Waals surface area (Å²) in [6, 6.07) is 11.6. The monoisotopic (exact) mass is 259 g/mol. The number of hydrogen-bond donors (Lipinski definition) is 3. The Morgan fingerprint density at radius 1 is 1.32 bits per heavy atom. The molecule has 1 aromatic carbocycles. The largest absolute Gasteiger partial charge is 0.395 e. The van der Waals surface area contributed by atoms with E-state index >= 15 is 0 Å². The van der Waals surface area contributed by atoms with Gasteiger partial charge in [0.2, 0.25) is 0 Å². The highest BCUT2D eigenvalue weighted by atomic mass is 16.3. The summed E-state index contributed by atoms with van der Waals surface area (Å²) in [5.74, 6) is -0.413. The summed E-state index contributed by atoms with van der Waals surface area (Å²) in [5.41, 5.74) is 1.13. The molecule has 0 bridgehead atoms. The fraction of sp³-hybridized carbons (Fsp3) is 0.286. The zero-order valence-corrected chi connectivity index (χ0v) is 10.6. The Morgan fingerprint density at radius 3 is 2.68 bits per heavy atom. The molecule has 1 rings (SSSR count). The van der Waals surface area contributed by atoms with Crippen molar-refractivity contribution in [1.82, 2.24) is 10.6 Å². The van der Waals surface area contributed by atoms with Crippen molar-refractivity contribution in [1.29, 1.82) is 5.26 Å². The van der Waals surface area contributed by atoms with Crippen LogP contribution < -0.4 is 10.6 Å². The molecule has 0 aliphatic heterocycles. The normalized spacial score (nSPS) is 10.6. The standard InChI is InChI=1S/C14H17N3O2/c15-10-13(11-16-8-9-18)14(19)17-7-6-12-4-2-1-3-5-12/h1-5,11,16,18H,6-9H2,(H,17,19)/b13-11-. The average Bonchev–Trinajstić information content (AvgIpc) is 2.44. The molecular formula is C14H17N3O2. The molecule has 0 radical (unpaired) electrons. The third kappa shape index (κ3) is 5.70. The maximum Gasteiger partial charge on any atom is 0.263 e. The lowest BCUT2D eigenvalue weighted by Gasteiger charge is -2.04. The number of hydrogen-bond acceptors (Lipinski definition) is 4. The number of carbonyl (C=O) groups excluding carboxylic acids is 1. The molecule has 0 aromatic heterocycles. The second-order valence-corrected chi connectivity index (χ2v) is 3.84. The molecule has 0 fully saturated rings. The molecule has 0 spiro atoms. The molecule has 19 heavy (non-hydrogen) atoms. The fourth-order valence-corrected chi connectivity index (χ4v) is 1.45. The van der Waals surface area contributed by atoms with E-state index in [-0.39, 0.29) is 12.2 Å². The Hall–Kier alpha value is -2.32. The van der Waals surface area contributed by atoms with Gasteiger partial charge in [-0.05, 0) is 12.0 Å². The maximum absolute atomic E-state index is 11.7. The molecule has 0 saturated heterocycles. The molecule has 0 unspecified atom stereocenters. The summed E-state index contributed by atoms with van der Waals surface area (Å²) in [6.07, 6.45) is 2.03. The molecule has 100 valence electrons. The van der Waals surface area contributed by atoms with Crippen molar-refractivity contribution in [2.24, 2.45) is 0 Å². The zero-order valence-electron chi connectivity index (χ0n) is 10.6. The van der Waals surface area contributed by atoms with E-state index in [1.807, 2.05) is 36.4 Å². The van der Waals surface area contributed by atoms with Crippen LogP contribution >= 0.6 is 0 Å². The molecule has 0 aliphatic rings. The summed E-state index contributed by atoms with van der Waals surface area (Å²) in [4.78, 5) is 11.7. The van der Waals surface area contributed by atoms with Crippen molar-refractivity contribution in [3.63, 3.8) is 0 Å². The van der Waals surface area contributed by atoms with Crippen molar-refractivity contribution >= 4 is 5.91 Å². The Bertz CT molecular complexity index is 463. The molecule has 0 saturated carbocycles. The smallest absolute Gasteiger partial charge is 0.263 e. The third-order valence-corrected chi connectivity index (χ3v) is 2.41. The number of carbonyl (C=O) groups is 1. The van der Waals surface area contributed by atoms with E-state index in [1.54, 1.807) is 0 Å². The van der Waals surface area contributed by atoms with Crippen LogP contribution in [-0.4, -0.2) is 30.7 Å². The van der Waals surface area contributed by atoms with E-state index in [0.29, 0.717) is 13.1 Å². The number of rotatable bonds is 7. The van der Waals surface area contributed by atoms with Crippen molar-refractivity contribution < 1.29 is 9.90 Å². The van der Waals surface area contributed by atoms with Gasteiger partial charge < -0.3 is 15.7 Å². The maximum atomic E-state index is 11.7. The minimum atomic E-state index is -0.413. The topological polar surface area (TPSA) is 85.2 Å². The first-order valence-electron chi connectivity index (χ1n) is 6.04. The van der Waals surface area contributed by atoms with Crippen LogP contribution in [-0.2, 0) is 11.2 Å². The Balaban J connectivity index is 2.37. The fourth-order valence-electron chi connectivity index (χ4n) is 1.45. The SMILES string of the molecule is N#C/C(=C/NCCO)C(=O)NCCc1ccccc1. The Kier molecular flexibility index (Phi) is 6.77. The van der Waals surface area contributed by atoms with Crippen LogP contribution in [0.4, 0.5) is 0 Å². The van der Waals surface area contributed by atoms with Gasteiger partial charge in [0, 0.05) is 19.3 Å². The molecule has 1 aromatic rings. The highest BCUT2D eigenvalue weighted by Crippen LogP contribution is 1.98. The van der Waals surface area contributed by atoms with E-state index < -0.39 is 5.91 Å². The van der Waals surface area contributed by atoms with Crippen LogP contribution in [0.25, 0.3) is 0 Å². The highest BCUT2D eigenvalue weighted by Gasteiger charge is 2.07. The predicted octanol–water partition coefficient (Wildman–Crippen LogP) is 0.335. The first-order chi connectivity index (χ1) is 9.27. The number of nitriles is 1. The van der Waals surface area contributed by atoms with E-state index in [2.05, 4.69) is 10.6 Å². The van der Waals surface area contributed by atoms with Crippen molar-refractivity contribution in [3.05, 3.63) is 47.7 Å². The number of nitrogens with one attached hydrogen (secondary N) is 2. The second-order valence-electron chi connectivity index (χ2n) is 3.84. The summed E-state index contributed by atoms with van der Waals surface area (Å²) < 4.78 is 0. The van der Waals surface area contributed by atoms with Crippen LogP contribution in [0.3, 0.4) is 0 Å². The van der Waals surface area contributed by atoms with Gasteiger partial charge in [-0.25, -0.2) is 0 Å². The van der Waals surface area contributed by atoms with Gasteiger partial charge in [-0.2, -0.15) is 5.26 Å². The van der Waals surface area contributed by atoms with E-state index in [4.69, 9.17) is 10.4 Å². The minimum absolute atomic E-state index is 0.00140. The van der Waals surface area contributed by atoms with Crippen molar-refractivity contribution in [2.45, 2.75) is 6.42 Å². The van der Waals surface area contributed by atoms with Crippen LogP contribution in [0.1, 0.15) is 5.56 Å². The molecule has 3 N–H and O–H groups in total. The van der Waals surface area contributed by atoms with Crippen molar-refractivity contribution in [3.8, 4) is 6.07 Å². The Labute approximate surface area is 112 Å². The summed E-state index contributed by atoms with van der Waals surface area (Å²) in [7, 11) is 0. The van der Waals surface area contributed by atoms with Gasteiger partial charge in [0.15, 0.2) is 0 Å². The lowest BCUT2D eigenvalue weighted by Crippen LogP contribution is -2.28. The molecule has 1 amide bonds. The first kappa shape index (κ1) is 14.7. The molecule has 0 aliphatic carbocycles. The minimum Gasteiger partial charge on any atom is -0.395 e. The summed E-state index contributed by atoms with van der Waals surface area (Å²) in [6.45, 7) is 0.731. The molecule has 0 atom stereocenters. The number of nitrogens with zero attached hydrogens (tertiary/aromatic N) is 1. The number of benzene rings is 1. The lowest BCUT2D eigenvalue weighted by molar-refractivity contribution is -0.117. The Morgan fingerprint density at radius 2 is 2.05 bits per heavy atom. The van der Waals surface area contributed by atoms with E-state index in [1.165, 1.54) is 6.20 Å². The molecule has 5 heteroatoms. The zero-order chi connectivity index (χ0) is 13.9. The quantitative estimate of drug-likeness (QED) is 0.374. The number of aliphatic hydroxyl groups excluding tert-OH is 1. The lowest BCUT2D eigenvalue weighted by atomic mass is 10.1. The van der Waals surface area contributed by atoms with Crippen LogP contribution in [0.15, 0.2) is 42.1 Å². The van der Waals surface area contributed by atoms with Crippen LogP contribution in [0, 0.1) is 11.3 Å². The second kappa shape index (κ2) is 8.72. The average molecular weight is 259 g/mol. The number of amides is 1. The van der Waals surface area contributed by atoms with Gasteiger partial charge in [0.1, 0.15) is 11.6 Å². The van der Waals surface area contributed by atoms with E-state index in [9.17, 15) is 4.79 Å². The van der Waals surface area contributed by atoms with E-state index in [0.717, 1.165) is 12.0 Å². The molecule has 5 nitrogen and oxygen atoms in total. The van der Waals surface area contributed by atoms with Gasteiger partial charge in [0.25, 0.3) is 5.91 Å². The van der Waals surface area contributed by atoms with Gasteiger partial charge in [0.05, 0.1) is 6.61 Å². The first-order valence-corrected chi connectivity index (χ1v) is 6.04. The van der Waals surface area contributed by atoms with Crippen LogP contribution in [0.2, 0.25) is 0 Å². The third-order valence-electron chi connectivity index (χ3n) is 2.41. The number of aliphatic hydroxyl groups is 1. The van der Waals surface area contributed by atoms with Gasteiger partial charge in [-0.15, -0.1) is 0 Å².